The first-order valence-electron chi connectivity index (χ1n) is 6.72. The minimum Gasteiger partial charge on any atom is -0.476 e. The highest BCUT2D eigenvalue weighted by Crippen LogP contribution is 2.26. The molecule has 4 heteroatoms. The normalized spacial score (nSPS) is 16.1. The lowest BCUT2D eigenvalue weighted by Gasteiger charge is -2.15. The predicted octanol–water partition coefficient (Wildman–Crippen LogP) is 3.36. The van der Waals surface area contributed by atoms with Gasteiger partial charge in [-0.3, -0.25) is 4.90 Å². The van der Waals surface area contributed by atoms with Gasteiger partial charge in [0.2, 0.25) is 5.88 Å². The van der Waals surface area contributed by atoms with Crippen LogP contribution in [0.4, 0.5) is 0 Å². The van der Waals surface area contributed by atoms with Crippen LogP contribution in [0.3, 0.4) is 0 Å². The van der Waals surface area contributed by atoms with Crippen molar-refractivity contribution in [1.82, 2.24) is 9.88 Å². The second kappa shape index (κ2) is 5.76. The van der Waals surface area contributed by atoms with E-state index in [9.17, 15) is 0 Å². The minimum atomic E-state index is 0.679. The van der Waals surface area contributed by atoms with E-state index in [4.69, 9.17) is 16.3 Å². The van der Waals surface area contributed by atoms with Gasteiger partial charge in [0.25, 0.3) is 0 Å². The third kappa shape index (κ3) is 2.99. The van der Waals surface area contributed by atoms with Crippen LogP contribution in [-0.4, -0.2) is 36.1 Å². The zero-order valence-electron chi connectivity index (χ0n) is 10.8. The molecule has 2 aromatic rings. The second-order valence-electron chi connectivity index (χ2n) is 4.88. The summed E-state index contributed by atoms with van der Waals surface area (Å²) in [6.07, 6.45) is 4.39. The number of rotatable bonds is 4. The number of benzene rings is 1. The molecule has 2 heterocycles. The molecule has 19 heavy (non-hydrogen) atoms. The topological polar surface area (TPSA) is 25.4 Å². The van der Waals surface area contributed by atoms with Crippen molar-refractivity contribution in [3.8, 4) is 5.88 Å². The molecule has 1 fully saturated rings. The molecular weight excluding hydrogens is 260 g/mol. The molecule has 1 saturated heterocycles. The lowest BCUT2D eigenvalue weighted by molar-refractivity contribution is 0.234. The molecule has 1 aliphatic heterocycles. The summed E-state index contributed by atoms with van der Waals surface area (Å²) >= 11 is 6.04. The highest BCUT2D eigenvalue weighted by molar-refractivity contribution is 6.31. The van der Waals surface area contributed by atoms with E-state index < -0.39 is 0 Å². The van der Waals surface area contributed by atoms with Crippen molar-refractivity contribution in [3.63, 3.8) is 0 Å². The van der Waals surface area contributed by atoms with Crippen LogP contribution >= 0.6 is 11.6 Å². The quantitative estimate of drug-likeness (QED) is 0.856. The minimum absolute atomic E-state index is 0.679. The molecule has 1 aromatic carbocycles. The molecule has 0 saturated carbocycles. The molecule has 0 aliphatic carbocycles. The average molecular weight is 277 g/mol. The van der Waals surface area contributed by atoms with Crippen LogP contribution < -0.4 is 4.74 Å². The van der Waals surface area contributed by atoms with E-state index in [0.717, 1.165) is 17.3 Å². The number of hydrogen-bond donors (Lipinski definition) is 0. The largest absolute Gasteiger partial charge is 0.476 e. The van der Waals surface area contributed by atoms with E-state index in [1.54, 1.807) is 6.20 Å². The summed E-state index contributed by atoms with van der Waals surface area (Å²) in [6, 6.07) is 7.76. The van der Waals surface area contributed by atoms with E-state index in [1.165, 1.54) is 25.9 Å². The van der Waals surface area contributed by atoms with Crippen molar-refractivity contribution >= 4 is 22.4 Å². The maximum Gasteiger partial charge on any atom is 0.221 e. The highest BCUT2D eigenvalue weighted by atomic mass is 35.5. The van der Waals surface area contributed by atoms with Gasteiger partial charge in [-0.1, -0.05) is 17.7 Å². The third-order valence-electron chi connectivity index (χ3n) is 3.54. The van der Waals surface area contributed by atoms with Crippen LogP contribution in [0.5, 0.6) is 5.88 Å². The molecular formula is C15H17ClN2O. The molecule has 0 bridgehead atoms. The smallest absolute Gasteiger partial charge is 0.221 e. The second-order valence-corrected chi connectivity index (χ2v) is 5.32. The average Bonchev–Trinajstić information content (AvgIpc) is 2.92. The molecule has 0 radical (unpaired) electrons. The first kappa shape index (κ1) is 12.7. The summed E-state index contributed by atoms with van der Waals surface area (Å²) in [5.41, 5.74) is 0. The van der Waals surface area contributed by atoms with Crippen molar-refractivity contribution in [1.29, 1.82) is 0 Å². The van der Waals surface area contributed by atoms with Gasteiger partial charge in [-0.05, 0) is 49.5 Å². The van der Waals surface area contributed by atoms with Crippen LogP contribution in [-0.2, 0) is 0 Å². The highest BCUT2D eigenvalue weighted by Gasteiger charge is 2.11. The standard InChI is InChI=1S/C15H17ClN2O/c16-13-4-3-12-5-6-17-15(14(12)11-13)19-10-9-18-7-1-2-8-18/h3-6,11H,1-2,7-10H2. The summed E-state index contributed by atoms with van der Waals surface area (Å²) in [5.74, 6) is 0.680. The number of likely N-dealkylation sites (tertiary alicyclic amines) is 1. The lowest BCUT2D eigenvalue weighted by Crippen LogP contribution is -2.25. The number of fused-ring (bicyclic) bond motifs is 1. The molecule has 0 unspecified atom stereocenters. The Morgan fingerprint density at radius 3 is 2.89 bits per heavy atom. The lowest BCUT2D eigenvalue weighted by atomic mass is 10.2. The Morgan fingerprint density at radius 1 is 1.21 bits per heavy atom. The number of halogens is 1. The van der Waals surface area contributed by atoms with Crippen LogP contribution in [0, 0.1) is 0 Å². The fraction of sp³-hybridized carbons (Fsp3) is 0.400. The summed E-state index contributed by atoms with van der Waals surface area (Å²) in [6.45, 7) is 4.04. The Balaban J connectivity index is 1.71. The molecule has 3 rings (SSSR count). The summed E-state index contributed by atoms with van der Waals surface area (Å²) in [4.78, 5) is 6.74. The van der Waals surface area contributed by atoms with Gasteiger partial charge in [0.15, 0.2) is 0 Å². The summed E-state index contributed by atoms with van der Waals surface area (Å²) in [5, 5.41) is 2.80. The van der Waals surface area contributed by atoms with Crippen LogP contribution in [0.25, 0.3) is 10.8 Å². The first-order chi connectivity index (χ1) is 9.33. The zero-order valence-corrected chi connectivity index (χ0v) is 11.6. The van der Waals surface area contributed by atoms with Crippen LogP contribution in [0.1, 0.15) is 12.8 Å². The van der Waals surface area contributed by atoms with E-state index in [-0.39, 0.29) is 0 Å². The van der Waals surface area contributed by atoms with E-state index in [1.807, 2.05) is 24.3 Å². The molecule has 3 nitrogen and oxygen atoms in total. The van der Waals surface area contributed by atoms with E-state index >= 15 is 0 Å². The van der Waals surface area contributed by atoms with Gasteiger partial charge >= 0.3 is 0 Å². The van der Waals surface area contributed by atoms with Crippen molar-refractivity contribution in [2.75, 3.05) is 26.2 Å². The van der Waals surface area contributed by atoms with E-state index in [2.05, 4.69) is 9.88 Å². The Labute approximate surface area is 118 Å². The first-order valence-corrected chi connectivity index (χ1v) is 7.10. The Bertz CT molecular complexity index is 567. The Morgan fingerprint density at radius 2 is 2.05 bits per heavy atom. The number of nitrogens with zero attached hydrogens (tertiary/aromatic N) is 2. The third-order valence-corrected chi connectivity index (χ3v) is 3.77. The van der Waals surface area contributed by atoms with Crippen molar-refractivity contribution in [3.05, 3.63) is 35.5 Å². The summed E-state index contributed by atoms with van der Waals surface area (Å²) in [7, 11) is 0. The monoisotopic (exact) mass is 276 g/mol. The Hall–Kier alpha value is -1.32. The number of hydrogen-bond acceptors (Lipinski definition) is 3. The molecule has 0 N–H and O–H groups in total. The van der Waals surface area contributed by atoms with Gasteiger partial charge in [-0.2, -0.15) is 0 Å². The fourth-order valence-electron chi connectivity index (χ4n) is 2.51. The molecule has 100 valence electrons. The van der Waals surface area contributed by atoms with Crippen molar-refractivity contribution < 1.29 is 4.74 Å². The maximum atomic E-state index is 6.04. The van der Waals surface area contributed by atoms with Gasteiger partial charge in [0.05, 0.1) is 0 Å². The van der Waals surface area contributed by atoms with Gasteiger partial charge < -0.3 is 4.74 Å². The molecule has 0 spiro atoms. The molecule has 1 aromatic heterocycles. The van der Waals surface area contributed by atoms with Crippen molar-refractivity contribution in [2.45, 2.75) is 12.8 Å². The molecule has 0 atom stereocenters. The number of aromatic nitrogens is 1. The molecule has 0 amide bonds. The Kier molecular flexibility index (Phi) is 3.85. The van der Waals surface area contributed by atoms with Gasteiger partial charge in [0, 0.05) is 23.2 Å². The van der Waals surface area contributed by atoms with Gasteiger partial charge in [-0.25, -0.2) is 4.98 Å². The van der Waals surface area contributed by atoms with Crippen molar-refractivity contribution in [2.24, 2.45) is 0 Å². The van der Waals surface area contributed by atoms with Gasteiger partial charge in [-0.15, -0.1) is 0 Å². The predicted molar refractivity (Wildman–Crippen MR) is 77.9 cm³/mol. The van der Waals surface area contributed by atoms with Crippen LogP contribution in [0.15, 0.2) is 30.5 Å². The van der Waals surface area contributed by atoms with Gasteiger partial charge in [0.1, 0.15) is 6.61 Å². The fourth-order valence-corrected chi connectivity index (χ4v) is 2.68. The number of pyridine rings is 1. The van der Waals surface area contributed by atoms with Crippen LogP contribution in [0.2, 0.25) is 5.02 Å². The number of ether oxygens (including phenoxy) is 1. The molecule has 1 aliphatic rings. The van der Waals surface area contributed by atoms with E-state index in [0.29, 0.717) is 17.5 Å². The zero-order chi connectivity index (χ0) is 13.1. The maximum absolute atomic E-state index is 6.04. The summed E-state index contributed by atoms with van der Waals surface area (Å²) < 4.78 is 5.82. The SMILES string of the molecule is Clc1ccc2ccnc(OCCN3CCCC3)c2c1.